The van der Waals surface area contributed by atoms with Crippen LogP contribution in [0, 0.1) is 11.8 Å². The number of hydrazine groups is 1. The standard InChI is InChI=1S/C25H29N3O5/c1-5-18-6-8-19(9-7-18)10-11-20-12-14-21(15-13-20)23(30)26-28(17-16-22(29)27-32)24(31)33-25(2,3)4/h6-9,12-15,32H,5,16-17H2,1-4H3,(H,26,30)(H,27,29). The molecule has 0 atom stereocenters. The molecule has 0 saturated carbocycles. The third kappa shape index (κ3) is 8.67. The molecule has 0 radical (unpaired) electrons. The van der Waals surface area contributed by atoms with Crippen molar-refractivity contribution in [2.75, 3.05) is 6.54 Å². The lowest BCUT2D eigenvalue weighted by atomic mass is 10.1. The van der Waals surface area contributed by atoms with Gasteiger partial charge in [-0.3, -0.25) is 20.2 Å². The predicted octanol–water partition coefficient (Wildman–Crippen LogP) is 3.43. The number of amides is 3. The van der Waals surface area contributed by atoms with Gasteiger partial charge in [0.15, 0.2) is 0 Å². The molecule has 2 aromatic rings. The average Bonchev–Trinajstić information content (AvgIpc) is 2.79. The van der Waals surface area contributed by atoms with Gasteiger partial charge in [0.05, 0.1) is 6.54 Å². The summed E-state index contributed by atoms with van der Waals surface area (Å²) >= 11 is 0. The van der Waals surface area contributed by atoms with Gasteiger partial charge >= 0.3 is 6.09 Å². The molecular weight excluding hydrogens is 422 g/mol. The van der Waals surface area contributed by atoms with Crippen molar-refractivity contribution in [3.05, 3.63) is 70.8 Å². The van der Waals surface area contributed by atoms with Gasteiger partial charge in [0.2, 0.25) is 5.91 Å². The van der Waals surface area contributed by atoms with Gasteiger partial charge in [-0.05, 0) is 69.2 Å². The summed E-state index contributed by atoms with van der Waals surface area (Å²) in [6.45, 7) is 6.96. The van der Waals surface area contributed by atoms with Gasteiger partial charge < -0.3 is 4.74 Å². The summed E-state index contributed by atoms with van der Waals surface area (Å²) in [6.07, 6.45) is -0.0840. The largest absolute Gasteiger partial charge is 0.442 e. The van der Waals surface area contributed by atoms with Gasteiger partial charge in [0, 0.05) is 23.1 Å². The quantitative estimate of drug-likeness (QED) is 0.367. The second-order valence-corrected chi connectivity index (χ2v) is 8.24. The van der Waals surface area contributed by atoms with Crippen molar-refractivity contribution >= 4 is 17.9 Å². The summed E-state index contributed by atoms with van der Waals surface area (Å²) < 4.78 is 5.27. The maximum absolute atomic E-state index is 12.6. The lowest BCUT2D eigenvalue weighted by Crippen LogP contribution is -2.49. The van der Waals surface area contributed by atoms with E-state index in [4.69, 9.17) is 9.94 Å². The first-order valence-corrected chi connectivity index (χ1v) is 10.6. The van der Waals surface area contributed by atoms with Gasteiger partial charge in [-0.25, -0.2) is 15.3 Å². The summed E-state index contributed by atoms with van der Waals surface area (Å²) in [6, 6.07) is 14.6. The summed E-state index contributed by atoms with van der Waals surface area (Å²) in [4.78, 5) is 36.4. The van der Waals surface area contributed by atoms with Crippen molar-refractivity contribution in [1.29, 1.82) is 0 Å². The minimum atomic E-state index is -0.821. The first-order valence-electron chi connectivity index (χ1n) is 10.6. The number of benzene rings is 2. The molecule has 0 bridgehead atoms. The highest BCUT2D eigenvalue weighted by molar-refractivity contribution is 5.95. The Kier molecular flexibility index (Phi) is 9.01. The normalized spacial score (nSPS) is 10.5. The fourth-order valence-corrected chi connectivity index (χ4v) is 2.64. The van der Waals surface area contributed by atoms with Crippen molar-refractivity contribution in [1.82, 2.24) is 15.9 Å². The number of rotatable bonds is 5. The number of hydroxylamine groups is 1. The highest BCUT2D eigenvalue weighted by atomic mass is 16.6. The van der Waals surface area contributed by atoms with Crippen LogP contribution < -0.4 is 10.9 Å². The van der Waals surface area contributed by atoms with Crippen molar-refractivity contribution in [2.24, 2.45) is 0 Å². The van der Waals surface area contributed by atoms with Crippen LogP contribution in [0.3, 0.4) is 0 Å². The highest BCUT2D eigenvalue weighted by Gasteiger charge is 2.24. The summed E-state index contributed by atoms with van der Waals surface area (Å²) in [5, 5.41) is 9.57. The summed E-state index contributed by atoms with van der Waals surface area (Å²) in [5.74, 6) is 4.88. The van der Waals surface area contributed by atoms with Crippen molar-refractivity contribution < 1.29 is 24.3 Å². The van der Waals surface area contributed by atoms with Crippen LogP contribution in [0.4, 0.5) is 4.79 Å². The third-order valence-electron chi connectivity index (χ3n) is 4.40. The van der Waals surface area contributed by atoms with E-state index in [1.807, 2.05) is 24.3 Å². The average molecular weight is 452 g/mol. The molecule has 3 N–H and O–H groups in total. The highest BCUT2D eigenvalue weighted by Crippen LogP contribution is 2.11. The first-order chi connectivity index (χ1) is 15.6. The number of ether oxygens (including phenoxy) is 1. The molecule has 8 heteroatoms. The summed E-state index contributed by atoms with van der Waals surface area (Å²) in [5.41, 5.74) is 6.31. The van der Waals surface area contributed by atoms with E-state index in [2.05, 4.69) is 24.2 Å². The molecule has 0 aliphatic carbocycles. The maximum atomic E-state index is 12.6. The number of nitrogens with one attached hydrogen (secondary N) is 2. The SMILES string of the molecule is CCc1ccc(C#Cc2ccc(C(=O)NN(CCC(=O)NO)C(=O)OC(C)(C)C)cc2)cc1. The Bertz CT molecular complexity index is 1030. The van der Waals surface area contributed by atoms with Crippen molar-refractivity contribution in [3.8, 4) is 11.8 Å². The lowest BCUT2D eigenvalue weighted by Gasteiger charge is -2.27. The van der Waals surface area contributed by atoms with E-state index >= 15 is 0 Å². The molecular formula is C25H29N3O5. The fourth-order valence-electron chi connectivity index (χ4n) is 2.64. The molecule has 0 saturated heterocycles. The van der Waals surface area contributed by atoms with Crippen LogP contribution in [-0.4, -0.2) is 40.3 Å². The van der Waals surface area contributed by atoms with E-state index in [1.165, 1.54) is 11.0 Å². The number of carbonyl (C=O) groups is 3. The van der Waals surface area contributed by atoms with E-state index in [-0.39, 0.29) is 13.0 Å². The zero-order valence-electron chi connectivity index (χ0n) is 19.3. The molecule has 0 unspecified atom stereocenters. The molecule has 0 spiro atoms. The van der Waals surface area contributed by atoms with E-state index in [9.17, 15) is 14.4 Å². The molecule has 2 rings (SSSR count). The third-order valence-corrected chi connectivity index (χ3v) is 4.40. The van der Waals surface area contributed by atoms with Crippen LogP contribution in [0.2, 0.25) is 0 Å². The second kappa shape index (κ2) is 11.7. The van der Waals surface area contributed by atoms with Crippen LogP contribution >= 0.6 is 0 Å². The predicted molar refractivity (Wildman–Crippen MR) is 123 cm³/mol. The van der Waals surface area contributed by atoms with Crippen molar-refractivity contribution in [3.63, 3.8) is 0 Å². The van der Waals surface area contributed by atoms with Gasteiger partial charge in [-0.1, -0.05) is 30.9 Å². The van der Waals surface area contributed by atoms with Crippen LogP contribution in [-0.2, 0) is 16.0 Å². The lowest BCUT2D eigenvalue weighted by molar-refractivity contribution is -0.129. The smallest absolute Gasteiger partial charge is 0.429 e. The van der Waals surface area contributed by atoms with E-state index < -0.39 is 23.5 Å². The Morgan fingerprint density at radius 3 is 2.00 bits per heavy atom. The fraction of sp³-hybridized carbons (Fsp3) is 0.320. The van der Waals surface area contributed by atoms with Gasteiger partial charge in [0.1, 0.15) is 5.60 Å². The Labute approximate surface area is 193 Å². The molecule has 33 heavy (non-hydrogen) atoms. The molecule has 0 fully saturated rings. The van der Waals surface area contributed by atoms with E-state index in [1.54, 1.807) is 45.0 Å². The zero-order chi connectivity index (χ0) is 24.4. The van der Waals surface area contributed by atoms with Crippen LogP contribution in [0.25, 0.3) is 0 Å². The molecule has 0 aliphatic rings. The van der Waals surface area contributed by atoms with Gasteiger partial charge in [-0.2, -0.15) is 0 Å². The molecule has 0 aliphatic heterocycles. The number of nitrogens with zero attached hydrogens (tertiary/aromatic N) is 1. The second-order valence-electron chi connectivity index (χ2n) is 8.24. The topological polar surface area (TPSA) is 108 Å². The van der Waals surface area contributed by atoms with Crippen molar-refractivity contribution in [2.45, 2.75) is 46.1 Å². The summed E-state index contributed by atoms with van der Waals surface area (Å²) in [7, 11) is 0. The molecule has 8 nitrogen and oxygen atoms in total. The minimum Gasteiger partial charge on any atom is -0.442 e. The molecule has 0 aromatic heterocycles. The molecule has 0 heterocycles. The Morgan fingerprint density at radius 2 is 1.52 bits per heavy atom. The maximum Gasteiger partial charge on any atom is 0.429 e. The molecule has 174 valence electrons. The van der Waals surface area contributed by atoms with Gasteiger partial charge in [-0.15, -0.1) is 0 Å². The van der Waals surface area contributed by atoms with E-state index in [0.29, 0.717) is 5.56 Å². The number of hydrogen-bond donors (Lipinski definition) is 3. The van der Waals surface area contributed by atoms with E-state index in [0.717, 1.165) is 22.6 Å². The zero-order valence-corrected chi connectivity index (χ0v) is 19.3. The number of hydrogen-bond acceptors (Lipinski definition) is 5. The van der Waals surface area contributed by atoms with Crippen LogP contribution in [0.15, 0.2) is 48.5 Å². The number of carbonyl (C=O) groups excluding carboxylic acids is 3. The molecule has 3 amide bonds. The minimum absolute atomic E-state index is 0.187. The Hall–Kier alpha value is -3.83. The Balaban J connectivity index is 2.08. The molecule has 2 aromatic carbocycles. The van der Waals surface area contributed by atoms with Crippen LogP contribution in [0.1, 0.15) is 61.2 Å². The van der Waals surface area contributed by atoms with Crippen LogP contribution in [0.5, 0.6) is 0 Å². The number of aryl methyl sites for hydroxylation is 1. The first kappa shape index (κ1) is 25.4. The Morgan fingerprint density at radius 1 is 0.970 bits per heavy atom. The van der Waals surface area contributed by atoms with Gasteiger partial charge in [0.25, 0.3) is 5.91 Å². The monoisotopic (exact) mass is 451 g/mol.